The Labute approximate surface area is 112 Å². The summed E-state index contributed by atoms with van der Waals surface area (Å²) in [4.78, 5) is 33.3. The van der Waals surface area contributed by atoms with Crippen LogP contribution in [0.1, 0.15) is 20.7 Å². The maximum atomic E-state index is 11.1. The molecular formula is C13H9NO6. The van der Waals surface area contributed by atoms with Gasteiger partial charge in [0.2, 0.25) is 0 Å². The Morgan fingerprint density at radius 3 is 1.90 bits per heavy atom. The predicted molar refractivity (Wildman–Crippen MR) is 65.8 cm³/mol. The summed E-state index contributed by atoms with van der Waals surface area (Å²) in [5.74, 6) is -1.75. The number of pyridine rings is 1. The maximum absolute atomic E-state index is 11.1. The van der Waals surface area contributed by atoms with Crippen molar-refractivity contribution in [1.82, 2.24) is 4.98 Å². The first-order valence-electron chi connectivity index (χ1n) is 5.43. The first kappa shape index (κ1) is 13.7. The molecule has 0 aliphatic heterocycles. The number of carbonyl (C=O) groups is 2. The van der Waals surface area contributed by atoms with Crippen molar-refractivity contribution in [3.05, 3.63) is 53.7 Å². The summed E-state index contributed by atoms with van der Waals surface area (Å²) in [5, 5.41) is 16.5. The standard InChI is InChI=1S/C13H9NO6/c15-12(19-17)9-3-1-8(2-4-9)11-6-5-10(7-14-11)13(16)20-18/h1-7,17-18H. The van der Waals surface area contributed by atoms with Crippen LogP contribution >= 0.6 is 0 Å². The van der Waals surface area contributed by atoms with Crippen molar-refractivity contribution in [1.29, 1.82) is 0 Å². The largest absolute Gasteiger partial charge is 0.374 e. The minimum Gasteiger partial charge on any atom is -0.296 e. The van der Waals surface area contributed by atoms with Gasteiger partial charge in [-0.3, -0.25) is 14.8 Å². The molecule has 0 fully saturated rings. The molecule has 1 aromatic carbocycles. The minimum absolute atomic E-state index is 0.108. The molecule has 0 radical (unpaired) electrons. The Balaban J connectivity index is 2.23. The van der Waals surface area contributed by atoms with Crippen molar-refractivity contribution < 1.29 is 29.9 Å². The van der Waals surface area contributed by atoms with Gasteiger partial charge in [0.25, 0.3) is 0 Å². The third kappa shape index (κ3) is 2.79. The monoisotopic (exact) mass is 275 g/mol. The van der Waals surface area contributed by atoms with Crippen molar-refractivity contribution >= 4 is 11.9 Å². The molecule has 2 rings (SSSR count). The molecule has 0 bridgehead atoms. The van der Waals surface area contributed by atoms with E-state index in [1.165, 1.54) is 24.4 Å². The number of aromatic nitrogens is 1. The normalized spacial score (nSPS) is 9.90. The lowest BCUT2D eigenvalue weighted by Gasteiger charge is -2.03. The van der Waals surface area contributed by atoms with Crippen LogP contribution in [-0.2, 0) is 9.78 Å². The van der Waals surface area contributed by atoms with Gasteiger partial charge in [-0.1, -0.05) is 12.1 Å². The van der Waals surface area contributed by atoms with Crippen LogP contribution in [0.25, 0.3) is 11.3 Å². The molecule has 0 aliphatic carbocycles. The van der Waals surface area contributed by atoms with Gasteiger partial charge >= 0.3 is 11.9 Å². The number of nitrogens with zero attached hydrogens (tertiary/aromatic N) is 1. The van der Waals surface area contributed by atoms with Gasteiger partial charge in [-0.2, -0.15) is 10.5 Å². The summed E-state index contributed by atoms with van der Waals surface area (Å²) >= 11 is 0. The van der Waals surface area contributed by atoms with E-state index in [4.69, 9.17) is 10.5 Å². The lowest BCUT2D eigenvalue weighted by molar-refractivity contribution is -0.182. The second-order valence-electron chi connectivity index (χ2n) is 3.77. The zero-order valence-electron chi connectivity index (χ0n) is 10.0. The van der Waals surface area contributed by atoms with Gasteiger partial charge in [0, 0.05) is 11.8 Å². The Bertz CT molecular complexity index is 563. The van der Waals surface area contributed by atoms with Crippen molar-refractivity contribution in [2.24, 2.45) is 0 Å². The zero-order chi connectivity index (χ0) is 14.5. The molecule has 20 heavy (non-hydrogen) atoms. The van der Waals surface area contributed by atoms with E-state index in [1.54, 1.807) is 18.2 Å². The van der Waals surface area contributed by atoms with Crippen LogP contribution in [0, 0.1) is 0 Å². The summed E-state index contributed by atoms with van der Waals surface area (Å²) in [6.07, 6.45) is 1.25. The highest BCUT2D eigenvalue weighted by Crippen LogP contribution is 2.18. The van der Waals surface area contributed by atoms with Crippen LogP contribution in [0.4, 0.5) is 0 Å². The zero-order valence-corrected chi connectivity index (χ0v) is 10.0. The van der Waals surface area contributed by atoms with Crippen molar-refractivity contribution in [3.8, 4) is 11.3 Å². The van der Waals surface area contributed by atoms with Crippen molar-refractivity contribution in [3.63, 3.8) is 0 Å². The first-order valence-corrected chi connectivity index (χ1v) is 5.43. The lowest BCUT2D eigenvalue weighted by atomic mass is 10.1. The summed E-state index contributed by atoms with van der Waals surface area (Å²) < 4.78 is 0. The summed E-state index contributed by atoms with van der Waals surface area (Å²) in [6, 6.07) is 9.15. The van der Waals surface area contributed by atoms with E-state index < -0.39 is 11.9 Å². The molecule has 1 aromatic heterocycles. The Morgan fingerprint density at radius 1 is 0.850 bits per heavy atom. The third-order valence-corrected chi connectivity index (χ3v) is 2.58. The summed E-state index contributed by atoms with van der Waals surface area (Å²) in [6.45, 7) is 0. The smallest absolute Gasteiger partial charge is 0.296 e. The molecule has 0 spiro atoms. The molecule has 0 unspecified atom stereocenters. The number of benzene rings is 1. The SMILES string of the molecule is O=C(OO)c1ccc(-c2ccc(C(=O)OO)cn2)cc1. The molecule has 0 amide bonds. The van der Waals surface area contributed by atoms with Gasteiger partial charge in [-0.25, -0.2) is 9.59 Å². The average molecular weight is 275 g/mol. The fourth-order valence-electron chi connectivity index (χ4n) is 1.57. The molecule has 0 saturated heterocycles. The molecule has 1 heterocycles. The number of hydrogen-bond acceptors (Lipinski definition) is 7. The molecule has 2 N–H and O–H groups in total. The van der Waals surface area contributed by atoms with Gasteiger partial charge in [-0.15, -0.1) is 0 Å². The molecule has 7 heteroatoms. The van der Waals surface area contributed by atoms with E-state index in [0.29, 0.717) is 11.3 Å². The second kappa shape index (κ2) is 5.91. The van der Waals surface area contributed by atoms with E-state index in [-0.39, 0.29) is 11.1 Å². The minimum atomic E-state index is -0.898. The Morgan fingerprint density at radius 2 is 1.40 bits per heavy atom. The quantitative estimate of drug-likeness (QED) is 0.651. The molecule has 0 aliphatic rings. The Kier molecular flexibility index (Phi) is 4.04. The highest BCUT2D eigenvalue weighted by molar-refractivity contribution is 5.90. The molecule has 0 saturated carbocycles. The van der Waals surface area contributed by atoms with E-state index in [9.17, 15) is 9.59 Å². The van der Waals surface area contributed by atoms with Gasteiger partial charge < -0.3 is 0 Å². The lowest BCUT2D eigenvalue weighted by Crippen LogP contribution is -2.02. The predicted octanol–water partition coefficient (Wildman–Crippen LogP) is 2.01. The van der Waals surface area contributed by atoms with E-state index in [1.807, 2.05) is 0 Å². The van der Waals surface area contributed by atoms with Gasteiger partial charge in [-0.05, 0) is 24.3 Å². The van der Waals surface area contributed by atoms with Crippen LogP contribution < -0.4 is 0 Å². The van der Waals surface area contributed by atoms with Crippen LogP contribution in [0.2, 0.25) is 0 Å². The van der Waals surface area contributed by atoms with Crippen LogP contribution in [0.15, 0.2) is 42.6 Å². The third-order valence-electron chi connectivity index (χ3n) is 2.58. The number of rotatable bonds is 3. The number of carbonyl (C=O) groups excluding carboxylic acids is 2. The number of hydrogen-bond donors (Lipinski definition) is 2. The molecule has 102 valence electrons. The van der Waals surface area contributed by atoms with E-state index in [0.717, 1.165) is 0 Å². The second-order valence-corrected chi connectivity index (χ2v) is 3.77. The van der Waals surface area contributed by atoms with Crippen molar-refractivity contribution in [2.45, 2.75) is 0 Å². The molecule has 0 atom stereocenters. The maximum Gasteiger partial charge on any atom is 0.374 e. The molecule has 2 aromatic rings. The highest BCUT2D eigenvalue weighted by atomic mass is 17.1. The topological polar surface area (TPSA) is 106 Å². The summed E-state index contributed by atoms with van der Waals surface area (Å²) in [7, 11) is 0. The van der Waals surface area contributed by atoms with Crippen LogP contribution in [0.5, 0.6) is 0 Å². The fraction of sp³-hybridized carbons (Fsp3) is 0. The van der Waals surface area contributed by atoms with E-state index >= 15 is 0 Å². The summed E-state index contributed by atoms with van der Waals surface area (Å²) in [5.41, 5.74) is 1.56. The Hall–Kier alpha value is -2.77. The molecular weight excluding hydrogens is 266 g/mol. The van der Waals surface area contributed by atoms with Gasteiger partial charge in [0.05, 0.1) is 16.8 Å². The van der Waals surface area contributed by atoms with Gasteiger partial charge in [0.15, 0.2) is 0 Å². The van der Waals surface area contributed by atoms with E-state index in [2.05, 4.69) is 14.8 Å². The first-order chi connectivity index (χ1) is 9.65. The molecule has 7 nitrogen and oxygen atoms in total. The van der Waals surface area contributed by atoms with Crippen LogP contribution in [-0.4, -0.2) is 27.4 Å². The van der Waals surface area contributed by atoms with Crippen LogP contribution in [0.3, 0.4) is 0 Å². The van der Waals surface area contributed by atoms with Crippen molar-refractivity contribution in [2.75, 3.05) is 0 Å². The van der Waals surface area contributed by atoms with Gasteiger partial charge in [0.1, 0.15) is 0 Å². The average Bonchev–Trinajstić information content (AvgIpc) is 2.53. The fourth-order valence-corrected chi connectivity index (χ4v) is 1.57. The highest BCUT2D eigenvalue weighted by Gasteiger charge is 2.09.